The lowest BCUT2D eigenvalue weighted by atomic mass is 10.0. The third kappa shape index (κ3) is 2.12. The maximum absolute atomic E-state index is 9.62. The van der Waals surface area contributed by atoms with E-state index in [9.17, 15) is 10.5 Å². The summed E-state index contributed by atoms with van der Waals surface area (Å²) in [4.78, 5) is 4.32. The maximum Gasteiger partial charge on any atom is 0.103 e. The second kappa shape index (κ2) is 5.58. The Morgan fingerprint density at radius 2 is 1.67 bits per heavy atom. The molecule has 0 unspecified atom stereocenters. The van der Waals surface area contributed by atoms with Crippen LogP contribution in [0.25, 0.3) is 0 Å². The minimum atomic E-state index is 0.0712. The number of benzene rings is 2. The Hall–Kier alpha value is -2.98. The van der Waals surface area contributed by atoms with Gasteiger partial charge in [0.1, 0.15) is 12.2 Å². The van der Waals surface area contributed by atoms with Crippen LogP contribution in [0.4, 0.5) is 17.1 Å². The molecule has 0 saturated carbocycles. The first kappa shape index (κ1) is 15.9. The van der Waals surface area contributed by atoms with Crippen LogP contribution in [0.5, 0.6) is 0 Å². The van der Waals surface area contributed by atoms with Crippen molar-refractivity contribution in [2.75, 3.05) is 16.8 Å². The van der Waals surface area contributed by atoms with E-state index in [-0.39, 0.29) is 6.17 Å². The lowest BCUT2D eigenvalue weighted by Crippen LogP contribution is -2.36. The van der Waals surface area contributed by atoms with Crippen LogP contribution in [0.15, 0.2) is 24.3 Å². The fraction of sp³-hybridized carbons (Fsp3) is 0.300. The summed E-state index contributed by atoms with van der Waals surface area (Å²) >= 11 is 0. The molecule has 4 heteroatoms. The number of hydrogen-bond donors (Lipinski definition) is 0. The van der Waals surface area contributed by atoms with Crippen molar-refractivity contribution < 1.29 is 0 Å². The molecule has 1 atom stereocenters. The highest BCUT2D eigenvalue weighted by atomic mass is 15.4. The Kier molecular flexibility index (Phi) is 3.70. The Balaban J connectivity index is 2.30. The number of fused-ring (bicyclic) bond motifs is 1. The summed E-state index contributed by atoms with van der Waals surface area (Å²) in [7, 11) is 2.00. The lowest BCUT2D eigenvalue weighted by Gasteiger charge is -2.30. The molecule has 1 aliphatic rings. The average molecular weight is 316 g/mol. The van der Waals surface area contributed by atoms with Crippen molar-refractivity contribution in [1.82, 2.24) is 0 Å². The summed E-state index contributed by atoms with van der Waals surface area (Å²) in [6.07, 6.45) is 0.0712. The van der Waals surface area contributed by atoms with Crippen LogP contribution >= 0.6 is 0 Å². The van der Waals surface area contributed by atoms with Crippen LogP contribution in [-0.2, 0) is 0 Å². The summed E-state index contributed by atoms with van der Waals surface area (Å²) < 4.78 is 0. The van der Waals surface area contributed by atoms with Gasteiger partial charge in [-0.15, -0.1) is 0 Å². The van der Waals surface area contributed by atoms with E-state index in [0.29, 0.717) is 11.1 Å². The van der Waals surface area contributed by atoms with Gasteiger partial charge in [0.15, 0.2) is 0 Å². The zero-order valence-electron chi connectivity index (χ0n) is 14.7. The van der Waals surface area contributed by atoms with Gasteiger partial charge >= 0.3 is 0 Å². The number of nitriles is 2. The van der Waals surface area contributed by atoms with Crippen LogP contribution in [0, 0.1) is 43.4 Å². The minimum Gasteiger partial charge on any atom is -0.352 e. The monoisotopic (exact) mass is 316 g/mol. The third-order valence-corrected chi connectivity index (χ3v) is 5.18. The van der Waals surface area contributed by atoms with Crippen molar-refractivity contribution in [3.05, 3.63) is 52.1 Å². The molecular formula is C20H20N4. The van der Waals surface area contributed by atoms with E-state index in [1.165, 1.54) is 16.7 Å². The fourth-order valence-corrected chi connectivity index (χ4v) is 3.38. The molecule has 2 aromatic carbocycles. The van der Waals surface area contributed by atoms with Gasteiger partial charge in [-0.3, -0.25) is 0 Å². The van der Waals surface area contributed by atoms with E-state index in [1.54, 1.807) is 6.07 Å². The molecule has 1 heterocycles. The van der Waals surface area contributed by atoms with Crippen LogP contribution in [-0.4, -0.2) is 13.2 Å². The Morgan fingerprint density at radius 3 is 2.29 bits per heavy atom. The quantitative estimate of drug-likeness (QED) is 0.787. The molecule has 0 fully saturated rings. The summed E-state index contributed by atoms with van der Waals surface area (Å²) in [5.74, 6) is 0. The predicted molar refractivity (Wildman–Crippen MR) is 96.5 cm³/mol. The summed E-state index contributed by atoms with van der Waals surface area (Å²) in [5, 5.41) is 18.9. The molecule has 0 aromatic heterocycles. The van der Waals surface area contributed by atoms with Gasteiger partial charge in [-0.05, 0) is 62.6 Å². The van der Waals surface area contributed by atoms with E-state index >= 15 is 0 Å². The zero-order valence-corrected chi connectivity index (χ0v) is 14.7. The Labute approximate surface area is 143 Å². The average Bonchev–Trinajstić information content (AvgIpc) is 2.84. The van der Waals surface area contributed by atoms with Gasteiger partial charge < -0.3 is 9.80 Å². The van der Waals surface area contributed by atoms with Crippen LogP contribution in [0.2, 0.25) is 0 Å². The molecule has 24 heavy (non-hydrogen) atoms. The van der Waals surface area contributed by atoms with Crippen molar-refractivity contribution >= 4 is 17.1 Å². The standard InChI is InChI=1S/C20H20N4/c1-12-6-7-18(14(3)13(12)2)24-15(4)23(5)19-9-16(10-21)8-17(11-22)20(19)24/h6-9,15H,1-5H3/t15-/m0/s1. The van der Waals surface area contributed by atoms with Crippen molar-refractivity contribution in [3.8, 4) is 12.1 Å². The van der Waals surface area contributed by atoms with Gasteiger partial charge in [-0.1, -0.05) is 6.07 Å². The number of aryl methyl sites for hydroxylation is 1. The molecule has 2 aromatic rings. The lowest BCUT2D eigenvalue weighted by molar-refractivity contribution is 0.732. The first-order valence-corrected chi connectivity index (χ1v) is 7.97. The fourth-order valence-electron chi connectivity index (χ4n) is 3.38. The smallest absolute Gasteiger partial charge is 0.103 e. The molecule has 0 N–H and O–H groups in total. The van der Waals surface area contributed by atoms with Gasteiger partial charge in [0, 0.05) is 12.7 Å². The molecule has 120 valence electrons. The van der Waals surface area contributed by atoms with Crippen LogP contribution in [0.1, 0.15) is 34.7 Å². The van der Waals surface area contributed by atoms with Crippen molar-refractivity contribution in [2.45, 2.75) is 33.9 Å². The molecule has 0 bridgehead atoms. The van der Waals surface area contributed by atoms with Crippen molar-refractivity contribution in [3.63, 3.8) is 0 Å². The van der Waals surface area contributed by atoms with Gasteiger partial charge in [0.05, 0.1) is 28.6 Å². The van der Waals surface area contributed by atoms with Crippen LogP contribution in [0.3, 0.4) is 0 Å². The SMILES string of the molecule is Cc1ccc(N2c3c(C#N)cc(C#N)cc3N(C)[C@@H]2C)c(C)c1C. The first-order valence-electron chi connectivity index (χ1n) is 7.97. The van der Waals surface area contributed by atoms with Gasteiger partial charge in [0.25, 0.3) is 0 Å². The van der Waals surface area contributed by atoms with E-state index in [2.05, 4.69) is 61.8 Å². The zero-order chi connectivity index (χ0) is 17.6. The molecule has 0 spiro atoms. The van der Waals surface area contributed by atoms with E-state index in [0.717, 1.165) is 17.1 Å². The molecule has 0 amide bonds. The second-order valence-corrected chi connectivity index (χ2v) is 6.38. The van der Waals surface area contributed by atoms with E-state index in [1.807, 2.05) is 13.1 Å². The largest absolute Gasteiger partial charge is 0.352 e. The number of rotatable bonds is 1. The molecule has 4 nitrogen and oxygen atoms in total. The van der Waals surface area contributed by atoms with Gasteiger partial charge in [-0.2, -0.15) is 10.5 Å². The predicted octanol–water partition coefficient (Wildman–Crippen LogP) is 4.29. The normalized spacial score (nSPS) is 15.9. The highest BCUT2D eigenvalue weighted by Gasteiger charge is 2.35. The van der Waals surface area contributed by atoms with Gasteiger partial charge in [-0.25, -0.2) is 0 Å². The van der Waals surface area contributed by atoms with E-state index < -0.39 is 0 Å². The highest BCUT2D eigenvalue weighted by Crippen LogP contribution is 2.47. The molecule has 3 rings (SSSR count). The van der Waals surface area contributed by atoms with Crippen LogP contribution < -0.4 is 9.80 Å². The Morgan fingerprint density at radius 1 is 0.958 bits per heavy atom. The molecular weight excluding hydrogens is 296 g/mol. The van der Waals surface area contributed by atoms with Gasteiger partial charge in [0.2, 0.25) is 0 Å². The third-order valence-electron chi connectivity index (χ3n) is 5.18. The summed E-state index contributed by atoms with van der Waals surface area (Å²) in [5.41, 5.74) is 7.73. The maximum atomic E-state index is 9.62. The van der Waals surface area contributed by atoms with Crippen molar-refractivity contribution in [1.29, 1.82) is 10.5 Å². The topological polar surface area (TPSA) is 54.1 Å². The molecule has 0 saturated heterocycles. The first-order chi connectivity index (χ1) is 11.4. The van der Waals surface area contributed by atoms with Crippen molar-refractivity contribution in [2.24, 2.45) is 0 Å². The Bertz CT molecular complexity index is 915. The molecule has 0 radical (unpaired) electrons. The summed E-state index contributed by atoms with van der Waals surface area (Å²) in [6.45, 7) is 8.48. The number of nitrogens with zero attached hydrogens (tertiary/aromatic N) is 4. The second-order valence-electron chi connectivity index (χ2n) is 6.38. The number of hydrogen-bond acceptors (Lipinski definition) is 4. The molecule has 0 aliphatic carbocycles. The molecule has 1 aliphatic heterocycles. The number of anilines is 3. The van der Waals surface area contributed by atoms with E-state index in [4.69, 9.17) is 0 Å². The minimum absolute atomic E-state index is 0.0712. The summed E-state index contributed by atoms with van der Waals surface area (Å²) in [6, 6.07) is 12.2. The highest BCUT2D eigenvalue weighted by molar-refractivity contribution is 5.89.